The molecule has 2 atom stereocenters. The first-order valence-corrected chi connectivity index (χ1v) is 14.3. The molecule has 4 rings (SSSR count). The van der Waals surface area contributed by atoms with Crippen LogP contribution in [0.25, 0.3) is 0 Å². The van der Waals surface area contributed by atoms with Crippen LogP contribution in [0, 0.1) is 0 Å². The number of aromatic nitrogens is 2. The number of amides is 2. The molecule has 11 heteroatoms. The second kappa shape index (κ2) is 13.6. The summed E-state index contributed by atoms with van der Waals surface area (Å²) in [6.07, 6.45) is 5.72. The highest BCUT2D eigenvalue weighted by Crippen LogP contribution is 2.24. The first kappa shape index (κ1) is 30.1. The van der Waals surface area contributed by atoms with Crippen molar-refractivity contribution in [2.75, 3.05) is 44.8 Å². The molecule has 0 spiro atoms. The summed E-state index contributed by atoms with van der Waals surface area (Å²) >= 11 is 6.01. The normalized spacial score (nSPS) is 18.5. The van der Waals surface area contributed by atoms with Gasteiger partial charge in [0.1, 0.15) is 5.75 Å². The number of nitrogens with two attached hydrogens (primary N) is 3. The summed E-state index contributed by atoms with van der Waals surface area (Å²) in [7, 11) is 1.67. The average molecular weight is 581 g/mol. The molecule has 1 aromatic heterocycles. The van der Waals surface area contributed by atoms with E-state index in [4.69, 9.17) is 33.5 Å². The number of aryl methyl sites for hydroxylation is 2. The lowest BCUT2D eigenvalue weighted by molar-refractivity contribution is -0.933. The third-order valence-corrected chi connectivity index (χ3v) is 8.12. The van der Waals surface area contributed by atoms with Gasteiger partial charge < -0.3 is 31.7 Å². The van der Waals surface area contributed by atoms with Crippen molar-refractivity contribution in [1.29, 1.82) is 0 Å². The van der Waals surface area contributed by atoms with Crippen LogP contribution in [-0.2, 0) is 12.8 Å². The van der Waals surface area contributed by atoms with E-state index < -0.39 is 11.8 Å². The Morgan fingerprint density at radius 3 is 2.17 bits per heavy atom. The van der Waals surface area contributed by atoms with Crippen molar-refractivity contribution in [3.63, 3.8) is 0 Å². The number of nitrogens with one attached hydrogen (secondary N) is 1. The maximum atomic E-state index is 13.1. The summed E-state index contributed by atoms with van der Waals surface area (Å²) < 4.78 is 6.20. The van der Waals surface area contributed by atoms with Crippen LogP contribution >= 0.6 is 11.6 Å². The van der Waals surface area contributed by atoms with Gasteiger partial charge in [-0.15, -0.1) is 0 Å². The van der Waals surface area contributed by atoms with Gasteiger partial charge in [-0.25, -0.2) is 9.97 Å². The Balaban J connectivity index is 1.43. The lowest BCUT2D eigenvalue weighted by atomic mass is 9.99. The third kappa shape index (κ3) is 8.08. The van der Waals surface area contributed by atoms with Crippen LogP contribution in [0.3, 0.4) is 0 Å². The van der Waals surface area contributed by atoms with Crippen molar-refractivity contribution < 1.29 is 18.8 Å². The number of primary amides is 1. The summed E-state index contributed by atoms with van der Waals surface area (Å²) in [6, 6.07) is 15.7. The predicted octanol–water partition coefficient (Wildman–Crippen LogP) is 3.38. The smallest absolute Gasteiger partial charge is 0.274 e. The zero-order valence-corrected chi connectivity index (χ0v) is 24.2. The standard InChI is InChI=1S/C30H38ClN7O3/c1-41-24-14-10-21(11-15-24)6-3-17-38(16-2-5-20-8-12-22(13-9-20)29(34)39)18-4-7-23(19-38)35-30(40)25-27(32)37-28(33)26(31)36-25/h8-15,23H,2-7,16-19H2,1H3,(H6-,32,33,34,35,37,39,40)/p+1. The summed E-state index contributed by atoms with van der Waals surface area (Å²) in [5.41, 5.74) is 19.9. The highest BCUT2D eigenvalue weighted by atomic mass is 35.5. The Morgan fingerprint density at radius 2 is 1.59 bits per heavy atom. The number of rotatable bonds is 12. The molecule has 7 N–H and O–H groups in total. The van der Waals surface area contributed by atoms with E-state index in [-0.39, 0.29) is 28.5 Å². The third-order valence-electron chi connectivity index (χ3n) is 7.84. The van der Waals surface area contributed by atoms with Gasteiger partial charge in [0.2, 0.25) is 5.91 Å². The molecule has 1 saturated heterocycles. The van der Waals surface area contributed by atoms with Crippen LogP contribution in [-0.4, -0.2) is 65.6 Å². The number of quaternary nitrogens is 1. The number of likely N-dealkylation sites (tertiary alicyclic amines) is 1. The first-order chi connectivity index (χ1) is 19.7. The van der Waals surface area contributed by atoms with Gasteiger partial charge in [-0.1, -0.05) is 35.9 Å². The van der Waals surface area contributed by atoms with Crippen molar-refractivity contribution in [3.8, 4) is 5.75 Å². The van der Waals surface area contributed by atoms with Gasteiger partial charge in [0.05, 0.1) is 39.3 Å². The van der Waals surface area contributed by atoms with Crippen molar-refractivity contribution in [1.82, 2.24) is 15.3 Å². The van der Waals surface area contributed by atoms with Crippen LogP contribution in [0.5, 0.6) is 5.75 Å². The second-order valence-electron chi connectivity index (χ2n) is 10.8. The molecule has 2 heterocycles. The summed E-state index contributed by atoms with van der Waals surface area (Å²) in [5, 5.41) is 3.09. The van der Waals surface area contributed by atoms with Crippen LogP contribution < -0.4 is 27.3 Å². The van der Waals surface area contributed by atoms with Gasteiger partial charge in [0.15, 0.2) is 22.5 Å². The highest BCUT2D eigenvalue weighted by Gasteiger charge is 2.35. The van der Waals surface area contributed by atoms with E-state index in [1.807, 2.05) is 24.3 Å². The molecule has 2 amide bonds. The molecule has 2 aromatic carbocycles. The number of ether oxygens (including phenoxy) is 1. The fourth-order valence-corrected chi connectivity index (χ4v) is 5.81. The van der Waals surface area contributed by atoms with E-state index in [2.05, 4.69) is 27.4 Å². The molecule has 41 heavy (non-hydrogen) atoms. The minimum atomic E-state index is -0.423. The fourth-order valence-electron chi connectivity index (χ4n) is 5.69. The molecular weight excluding hydrogens is 542 g/mol. The predicted molar refractivity (Wildman–Crippen MR) is 161 cm³/mol. The van der Waals surface area contributed by atoms with Crippen LogP contribution in [0.2, 0.25) is 5.15 Å². The number of piperidine rings is 1. The Bertz CT molecular complexity index is 1350. The Kier molecular flexibility index (Phi) is 10.0. The molecule has 0 radical (unpaired) electrons. The lowest BCUT2D eigenvalue weighted by Crippen LogP contribution is -2.60. The SMILES string of the molecule is COc1ccc(CCC[N+]2(CCCc3ccc(C(N)=O)cc3)CCCC(NC(=O)c3nc(Cl)c(N)nc3N)C2)cc1. The van der Waals surface area contributed by atoms with Crippen LogP contribution in [0.15, 0.2) is 48.5 Å². The number of hydrogen-bond acceptors (Lipinski definition) is 7. The topological polar surface area (TPSA) is 159 Å². The zero-order valence-electron chi connectivity index (χ0n) is 23.4. The number of carbonyl (C=O) groups is 2. The minimum absolute atomic E-state index is 0.00445. The zero-order chi connectivity index (χ0) is 29.4. The lowest BCUT2D eigenvalue weighted by Gasteiger charge is -2.45. The molecule has 1 fully saturated rings. The molecule has 10 nitrogen and oxygen atoms in total. The van der Waals surface area contributed by atoms with Crippen molar-refractivity contribution in [2.24, 2.45) is 5.73 Å². The Hall–Kier alpha value is -3.89. The first-order valence-electron chi connectivity index (χ1n) is 13.9. The minimum Gasteiger partial charge on any atom is -0.497 e. The van der Waals surface area contributed by atoms with Gasteiger partial charge in [-0.05, 0) is 61.1 Å². The number of carbonyl (C=O) groups excluding carboxylic acids is 2. The molecule has 218 valence electrons. The van der Waals surface area contributed by atoms with Gasteiger partial charge in [0, 0.05) is 18.4 Å². The summed E-state index contributed by atoms with van der Waals surface area (Å²) in [4.78, 5) is 32.5. The van der Waals surface area contributed by atoms with E-state index in [0.717, 1.165) is 74.9 Å². The second-order valence-corrected chi connectivity index (χ2v) is 11.1. The van der Waals surface area contributed by atoms with Gasteiger partial charge in [-0.2, -0.15) is 0 Å². The number of hydrogen-bond donors (Lipinski definition) is 4. The van der Waals surface area contributed by atoms with Gasteiger partial charge in [-0.3, -0.25) is 9.59 Å². The number of nitrogens with zero attached hydrogens (tertiary/aromatic N) is 3. The van der Waals surface area contributed by atoms with Crippen LogP contribution in [0.4, 0.5) is 11.6 Å². The number of methoxy groups -OCH3 is 1. The number of benzene rings is 2. The summed E-state index contributed by atoms with van der Waals surface area (Å²) in [6.45, 7) is 3.83. The molecule has 0 bridgehead atoms. The molecule has 1 aliphatic rings. The van der Waals surface area contributed by atoms with Crippen molar-refractivity contribution in [2.45, 2.75) is 44.6 Å². The number of nitrogen functional groups attached to an aromatic ring is 2. The largest absolute Gasteiger partial charge is 0.497 e. The Morgan fingerprint density at radius 1 is 0.976 bits per heavy atom. The van der Waals surface area contributed by atoms with E-state index in [1.165, 1.54) is 11.1 Å². The number of halogens is 1. The fraction of sp³-hybridized carbons (Fsp3) is 0.400. The molecular formula is C30H39ClN7O3+. The van der Waals surface area contributed by atoms with E-state index in [0.29, 0.717) is 5.56 Å². The monoisotopic (exact) mass is 580 g/mol. The molecule has 0 saturated carbocycles. The van der Waals surface area contributed by atoms with Crippen molar-refractivity contribution in [3.05, 3.63) is 76.1 Å². The van der Waals surface area contributed by atoms with Gasteiger partial charge in [0.25, 0.3) is 5.91 Å². The maximum absolute atomic E-state index is 13.1. The van der Waals surface area contributed by atoms with E-state index in [9.17, 15) is 9.59 Å². The van der Waals surface area contributed by atoms with Crippen molar-refractivity contribution >= 4 is 35.1 Å². The highest BCUT2D eigenvalue weighted by molar-refractivity contribution is 6.31. The van der Waals surface area contributed by atoms with Crippen LogP contribution in [0.1, 0.15) is 57.7 Å². The molecule has 3 aromatic rings. The quantitative estimate of drug-likeness (QED) is 0.239. The molecule has 2 unspecified atom stereocenters. The maximum Gasteiger partial charge on any atom is 0.274 e. The summed E-state index contributed by atoms with van der Waals surface area (Å²) in [5.74, 6) is -0.00979. The van der Waals surface area contributed by atoms with E-state index in [1.54, 1.807) is 19.2 Å². The molecule has 1 aliphatic heterocycles. The van der Waals surface area contributed by atoms with Gasteiger partial charge >= 0.3 is 0 Å². The number of anilines is 2. The Labute approximate surface area is 245 Å². The average Bonchev–Trinajstić information content (AvgIpc) is 2.96. The van der Waals surface area contributed by atoms with E-state index >= 15 is 0 Å². The molecule has 0 aliphatic carbocycles.